The largest absolute Gasteiger partial charge is 0.381 e. The number of nitrogens with one attached hydrogen (secondary N) is 1. The lowest BCUT2D eigenvalue weighted by molar-refractivity contribution is -0.0222. The van der Waals surface area contributed by atoms with Crippen LogP contribution in [0.5, 0.6) is 0 Å². The quantitative estimate of drug-likeness (QED) is 0.470. The van der Waals surface area contributed by atoms with Gasteiger partial charge in [0.2, 0.25) is 0 Å². The van der Waals surface area contributed by atoms with E-state index in [2.05, 4.69) is 20.4 Å². The molecule has 1 unspecified atom stereocenters. The van der Waals surface area contributed by atoms with Gasteiger partial charge in [0.05, 0.1) is 22.8 Å². The fourth-order valence-electron chi connectivity index (χ4n) is 4.22. The number of pyridine rings is 1. The normalized spacial score (nSPS) is 16.9. The Labute approximate surface area is 192 Å². The molecule has 0 aliphatic carbocycles. The molecule has 0 aromatic carbocycles. The lowest BCUT2D eigenvalue weighted by atomic mass is 10.0. The maximum Gasteiger partial charge on any atom is 0.259 e. The molecule has 12 heteroatoms. The SMILES string of the molecule is CC(NC(=O)c1c(N)nn2cccnc12)c1cc(Cl)c2cncn2c1N1CCC(F)(F)CC1. The van der Waals surface area contributed by atoms with E-state index in [0.717, 1.165) is 0 Å². The molecule has 4 aromatic rings. The molecule has 1 aliphatic heterocycles. The predicted molar refractivity (Wildman–Crippen MR) is 120 cm³/mol. The minimum Gasteiger partial charge on any atom is -0.381 e. The number of hydrogen-bond donors (Lipinski definition) is 2. The lowest BCUT2D eigenvalue weighted by Gasteiger charge is -2.35. The molecular formula is C21H21ClF2N8O. The van der Waals surface area contributed by atoms with Crippen LogP contribution in [0, 0.1) is 0 Å². The monoisotopic (exact) mass is 474 g/mol. The van der Waals surface area contributed by atoms with Crippen LogP contribution in [0.3, 0.4) is 0 Å². The number of imidazole rings is 1. The number of nitrogens with zero attached hydrogens (tertiary/aromatic N) is 6. The lowest BCUT2D eigenvalue weighted by Crippen LogP contribution is -2.41. The Bertz CT molecular complexity index is 1360. The molecule has 4 aromatic heterocycles. The number of nitrogens with two attached hydrogens (primary N) is 1. The van der Waals surface area contributed by atoms with E-state index in [4.69, 9.17) is 17.3 Å². The van der Waals surface area contributed by atoms with E-state index in [9.17, 15) is 13.6 Å². The molecule has 1 fully saturated rings. The summed E-state index contributed by atoms with van der Waals surface area (Å²) in [7, 11) is 0. The summed E-state index contributed by atoms with van der Waals surface area (Å²) in [6, 6.07) is 2.89. The fraction of sp³-hybridized carbons (Fsp3) is 0.333. The third-order valence-corrected chi connectivity index (χ3v) is 6.21. The van der Waals surface area contributed by atoms with Crippen LogP contribution in [-0.4, -0.2) is 48.9 Å². The van der Waals surface area contributed by atoms with E-state index in [1.807, 2.05) is 4.90 Å². The van der Waals surface area contributed by atoms with Gasteiger partial charge in [-0.25, -0.2) is 23.3 Å². The topological polar surface area (TPSA) is 106 Å². The number of rotatable bonds is 4. The number of hydrogen-bond acceptors (Lipinski definition) is 6. The first-order chi connectivity index (χ1) is 15.7. The van der Waals surface area contributed by atoms with Crippen molar-refractivity contribution < 1.29 is 13.6 Å². The van der Waals surface area contributed by atoms with Crippen molar-refractivity contribution in [2.45, 2.75) is 31.7 Å². The van der Waals surface area contributed by atoms with E-state index >= 15 is 0 Å². The highest BCUT2D eigenvalue weighted by Gasteiger charge is 2.36. The smallest absolute Gasteiger partial charge is 0.259 e. The van der Waals surface area contributed by atoms with Crippen molar-refractivity contribution >= 4 is 40.3 Å². The molecule has 1 aliphatic rings. The molecule has 0 spiro atoms. The zero-order chi connectivity index (χ0) is 23.3. The van der Waals surface area contributed by atoms with Crippen LogP contribution < -0.4 is 16.0 Å². The number of carbonyl (C=O) groups is 1. The van der Waals surface area contributed by atoms with Crippen LogP contribution in [-0.2, 0) is 0 Å². The van der Waals surface area contributed by atoms with Gasteiger partial charge in [0.15, 0.2) is 11.5 Å². The summed E-state index contributed by atoms with van der Waals surface area (Å²) in [5.74, 6) is -2.42. The summed E-state index contributed by atoms with van der Waals surface area (Å²) in [5, 5.41) is 7.49. The summed E-state index contributed by atoms with van der Waals surface area (Å²) in [5.41, 5.74) is 7.81. The summed E-state index contributed by atoms with van der Waals surface area (Å²) in [6.07, 6.45) is 5.90. The van der Waals surface area contributed by atoms with Gasteiger partial charge in [-0.3, -0.25) is 9.20 Å². The number of anilines is 2. The van der Waals surface area contributed by atoms with Crippen LogP contribution in [0.4, 0.5) is 20.4 Å². The Morgan fingerprint density at radius 2 is 2.09 bits per heavy atom. The first-order valence-electron chi connectivity index (χ1n) is 10.4. The maximum atomic E-state index is 13.8. The zero-order valence-electron chi connectivity index (χ0n) is 17.7. The average molecular weight is 475 g/mol. The van der Waals surface area contributed by atoms with Crippen LogP contribution >= 0.6 is 11.6 Å². The third kappa shape index (κ3) is 3.71. The fourth-order valence-corrected chi connectivity index (χ4v) is 4.48. The van der Waals surface area contributed by atoms with E-state index in [1.54, 1.807) is 48.4 Å². The van der Waals surface area contributed by atoms with Gasteiger partial charge in [0, 0.05) is 43.9 Å². The minimum atomic E-state index is -2.69. The minimum absolute atomic E-state index is 0.0555. The number of alkyl halides is 2. The van der Waals surface area contributed by atoms with Gasteiger partial charge in [-0.2, -0.15) is 0 Å². The Hall–Kier alpha value is -3.47. The molecule has 0 radical (unpaired) electrons. The van der Waals surface area contributed by atoms with Crippen LogP contribution in [0.1, 0.15) is 41.7 Å². The molecule has 5 heterocycles. The first-order valence-corrected chi connectivity index (χ1v) is 10.8. The van der Waals surface area contributed by atoms with Crippen molar-refractivity contribution in [1.29, 1.82) is 0 Å². The van der Waals surface area contributed by atoms with Gasteiger partial charge in [-0.05, 0) is 19.1 Å². The Morgan fingerprint density at radius 1 is 1.33 bits per heavy atom. The molecule has 0 bridgehead atoms. The predicted octanol–water partition coefficient (Wildman–Crippen LogP) is 3.34. The third-order valence-electron chi connectivity index (χ3n) is 5.91. The Balaban J connectivity index is 1.52. The average Bonchev–Trinajstić information content (AvgIpc) is 3.38. The number of nitrogen functional groups attached to an aromatic ring is 1. The standard InChI is InChI=1S/C21H21ClF2N8O/c1-12(28-19(33)16-17(25)29-32-6-2-5-27-18(16)32)13-9-14(22)15-10-26-11-31(15)20(13)30-7-3-21(23,24)4-8-30/h2,5-6,9-12H,3-4,7-8H2,1H3,(H2,25,29)(H,28,33). The summed E-state index contributed by atoms with van der Waals surface area (Å²) in [4.78, 5) is 23.4. The number of fused-ring (bicyclic) bond motifs is 2. The summed E-state index contributed by atoms with van der Waals surface area (Å²) < 4.78 is 30.8. The molecule has 172 valence electrons. The molecular weight excluding hydrogens is 454 g/mol. The van der Waals surface area contributed by atoms with Crippen LogP contribution in [0.25, 0.3) is 11.2 Å². The number of piperidine rings is 1. The molecule has 1 atom stereocenters. The van der Waals surface area contributed by atoms with Gasteiger partial charge >= 0.3 is 0 Å². The van der Waals surface area contributed by atoms with Gasteiger partial charge in [0.25, 0.3) is 11.8 Å². The van der Waals surface area contributed by atoms with Crippen LogP contribution in [0.2, 0.25) is 5.02 Å². The number of amides is 1. The molecule has 1 amide bonds. The summed E-state index contributed by atoms with van der Waals surface area (Å²) >= 11 is 6.49. The number of carbonyl (C=O) groups excluding carboxylic acids is 1. The van der Waals surface area contributed by atoms with Crippen molar-refractivity contribution in [3.05, 3.63) is 53.2 Å². The molecule has 33 heavy (non-hydrogen) atoms. The Kier molecular flexibility index (Phi) is 5.08. The first kappa shape index (κ1) is 21.4. The maximum absolute atomic E-state index is 13.8. The van der Waals surface area contributed by atoms with Gasteiger partial charge < -0.3 is 16.0 Å². The zero-order valence-corrected chi connectivity index (χ0v) is 18.4. The van der Waals surface area contributed by atoms with Gasteiger partial charge in [-0.15, -0.1) is 5.10 Å². The van der Waals surface area contributed by atoms with E-state index in [-0.39, 0.29) is 37.3 Å². The Morgan fingerprint density at radius 3 is 2.85 bits per heavy atom. The van der Waals surface area contributed by atoms with Crippen molar-refractivity contribution in [2.24, 2.45) is 0 Å². The van der Waals surface area contributed by atoms with Crippen molar-refractivity contribution in [3.8, 4) is 0 Å². The van der Waals surface area contributed by atoms with E-state index in [1.165, 1.54) is 4.52 Å². The van der Waals surface area contributed by atoms with E-state index in [0.29, 0.717) is 27.6 Å². The highest BCUT2D eigenvalue weighted by molar-refractivity contribution is 6.34. The van der Waals surface area contributed by atoms with Gasteiger partial charge in [-0.1, -0.05) is 11.6 Å². The summed E-state index contributed by atoms with van der Waals surface area (Å²) in [6.45, 7) is 2.13. The van der Waals surface area contributed by atoms with Gasteiger partial charge in [0.1, 0.15) is 17.7 Å². The highest BCUT2D eigenvalue weighted by Crippen LogP contribution is 2.37. The molecule has 1 saturated heterocycles. The second-order valence-electron chi connectivity index (χ2n) is 8.11. The second-order valence-corrected chi connectivity index (χ2v) is 8.51. The van der Waals surface area contributed by atoms with Crippen LogP contribution in [0.15, 0.2) is 37.1 Å². The molecule has 0 saturated carbocycles. The highest BCUT2D eigenvalue weighted by atomic mass is 35.5. The number of aromatic nitrogens is 5. The molecule has 5 rings (SSSR count). The molecule has 3 N–H and O–H groups in total. The van der Waals surface area contributed by atoms with E-state index < -0.39 is 17.9 Å². The van der Waals surface area contributed by atoms with Crippen molar-refractivity contribution in [1.82, 2.24) is 29.3 Å². The van der Waals surface area contributed by atoms with Crippen molar-refractivity contribution in [3.63, 3.8) is 0 Å². The number of halogens is 3. The second kappa shape index (κ2) is 7.84. The molecule has 9 nitrogen and oxygen atoms in total. The van der Waals surface area contributed by atoms with Crippen molar-refractivity contribution in [2.75, 3.05) is 23.7 Å².